The predicted molar refractivity (Wildman–Crippen MR) is 121 cm³/mol. The Balaban J connectivity index is 1.48. The Labute approximate surface area is 190 Å². The van der Waals surface area contributed by atoms with Crippen LogP contribution in [-0.4, -0.2) is 50.9 Å². The number of ether oxygens (including phenoxy) is 2. The number of carbonyl (C=O) groups is 2. The van der Waals surface area contributed by atoms with Crippen molar-refractivity contribution in [3.05, 3.63) is 52.8 Å². The number of aromatic nitrogens is 3. The quantitative estimate of drug-likeness (QED) is 0.641. The number of hydrogen-bond acceptors (Lipinski definition) is 7. The molecule has 0 aliphatic carbocycles. The fraction of sp³-hybridized carbons (Fsp3) is 0.364. The van der Waals surface area contributed by atoms with Gasteiger partial charge in [0.05, 0.1) is 31.2 Å². The highest BCUT2D eigenvalue weighted by molar-refractivity contribution is 7.15. The number of rotatable bonds is 4. The summed E-state index contributed by atoms with van der Waals surface area (Å²) < 4.78 is 12.4. The van der Waals surface area contributed by atoms with Gasteiger partial charge in [-0.2, -0.15) is 5.10 Å². The number of para-hydroxylation sites is 1. The van der Waals surface area contributed by atoms with Crippen molar-refractivity contribution in [3.8, 4) is 11.4 Å². The number of anilines is 1. The van der Waals surface area contributed by atoms with Crippen molar-refractivity contribution in [1.29, 1.82) is 0 Å². The van der Waals surface area contributed by atoms with Crippen molar-refractivity contribution >= 4 is 28.5 Å². The largest absolute Gasteiger partial charge is 0.493 e. The fourth-order valence-corrected chi connectivity index (χ4v) is 4.28. The lowest BCUT2D eigenvalue weighted by Crippen LogP contribution is -2.39. The maximum absolute atomic E-state index is 12.9. The van der Waals surface area contributed by atoms with Gasteiger partial charge < -0.3 is 14.4 Å². The van der Waals surface area contributed by atoms with Crippen LogP contribution in [0.25, 0.3) is 5.69 Å². The van der Waals surface area contributed by atoms with E-state index in [1.807, 2.05) is 51.1 Å². The third-order valence-corrected chi connectivity index (χ3v) is 5.74. The van der Waals surface area contributed by atoms with Crippen LogP contribution in [0.15, 0.2) is 36.5 Å². The second kappa shape index (κ2) is 8.62. The summed E-state index contributed by atoms with van der Waals surface area (Å²) in [5.74, 6) is -0.0459. The molecule has 0 unspecified atom stereocenters. The monoisotopic (exact) mass is 455 g/mol. The highest BCUT2D eigenvalue weighted by atomic mass is 32.1. The van der Waals surface area contributed by atoms with E-state index in [1.54, 1.807) is 15.8 Å². The van der Waals surface area contributed by atoms with Gasteiger partial charge in [-0.15, -0.1) is 0 Å². The van der Waals surface area contributed by atoms with Crippen LogP contribution in [0.5, 0.6) is 5.75 Å². The summed E-state index contributed by atoms with van der Waals surface area (Å²) >= 11 is 1.35. The van der Waals surface area contributed by atoms with E-state index in [0.717, 1.165) is 16.3 Å². The van der Waals surface area contributed by atoms with Crippen molar-refractivity contribution < 1.29 is 19.1 Å². The summed E-state index contributed by atoms with van der Waals surface area (Å²) in [6.07, 6.45) is 1.92. The molecule has 32 heavy (non-hydrogen) atoms. The van der Waals surface area contributed by atoms with Crippen molar-refractivity contribution in [2.24, 2.45) is 0 Å². The molecule has 2 amide bonds. The number of hydrogen-bond donors (Lipinski definition) is 1. The van der Waals surface area contributed by atoms with Crippen LogP contribution >= 0.6 is 11.3 Å². The van der Waals surface area contributed by atoms with Gasteiger partial charge in [-0.05, 0) is 32.9 Å². The minimum atomic E-state index is -0.549. The van der Waals surface area contributed by atoms with Crippen LogP contribution < -0.4 is 10.1 Å². The molecule has 9 nitrogen and oxygen atoms in total. The highest BCUT2D eigenvalue weighted by Crippen LogP contribution is 2.30. The van der Waals surface area contributed by atoms with Gasteiger partial charge in [-0.1, -0.05) is 29.5 Å². The van der Waals surface area contributed by atoms with Gasteiger partial charge in [0, 0.05) is 17.8 Å². The SMILES string of the molecule is COc1cn(-c2ccccc2)nc1C(=O)Nc1nc2c(s1)CN(C(=O)OC(C)(C)C)CC2. The van der Waals surface area contributed by atoms with Crippen LogP contribution in [0.3, 0.4) is 0 Å². The third-order valence-electron chi connectivity index (χ3n) is 4.74. The van der Waals surface area contributed by atoms with Gasteiger partial charge in [0.25, 0.3) is 5.91 Å². The molecule has 1 aliphatic rings. The Bertz CT molecular complexity index is 1130. The number of nitrogens with zero attached hydrogens (tertiary/aromatic N) is 4. The standard InChI is InChI=1S/C22H25N5O4S/c1-22(2,3)31-21(29)26-11-10-15-17(13-26)32-20(23-15)24-19(28)18-16(30-4)12-27(25-18)14-8-6-5-7-9-14/h5-9,12H,10-11,13H2,1-4H3,(H,23,24,28). The average Bonchev–Trinajstić information content (AvgIpc) is 3.36. The first-order valence-electron chi connectivity index (χ1n) is 10.2. The number of carbonyl (C=O) groups excluding carboxylic acids is 2. The molecule has 0 spiro atoms. The maximum Gasteiger partial charge on any atom is 0.410 e. The molecule has 4 rings (SSSR count). The fourth-order valence-electron chi connectivity index (χ4n) is 3.27. The van der Waals surface area contributed by atoms with Gasteiger partial charge in [0.15, 0.2) is 16.6 Å². The molecule has 0 atom stereocenters. The zero-order valence-electron chi connectivity index (χ0n) is 18.4. The van der Waals surface area contributed by atoms with E-state index in [9.17, 15) is 9.59 Å². The number of amides is 2. The molecule has 2 aromatic heterocycles. The summed E-state index contributed by atoms with van der Waals surface area (Å²) in [4.78, 5) is 32.4. The van der Waals surface area contributed by atoms with Crippen LogP contribution in [0.1, 0.15) is 41.8 Å². The number of thiazole rings is 1. The molecule has 0 saturated heterocycles. The molecular formula is C22H25N5O4S. The van der Waals surface area contributed by atoms with Gasteiger partial charge in [-0.3, -0.25) is 10.1 Å². The molecule has 10 heteroatoms. The van der Waals surface area contributed by atoms with Crippen molar-refractivity contribution in [2.45, 2.75) is 39.3 Å². The second-order valence-corrected chi connectivity index (χ2v) is 9.40. The Kier molecular flexibility index (Phi) is 5.88. The summed E-state index contributed by atoms with van der Waals surface area (Å²) in [6, 6.07) is 9.47. The third kappa shape index (κ3) is 4.75. The minimum absolute atomic E-state index is 0.167. The normalized spacial score (nSPS) is 13.4. The van der Waals surface area contributed by atoms with E-state index in [2.05, 4.69) is 15.4 Å². The van der Waals surface area contributed by atoms with Gasteiger partial charge in [0.1, 0.15) is 5.60 Å². The molecular weight excluding hydrogens is 430 g/mol. The number of methoxy groups -OCH3 is 1. The molecule has 0 fully saturated rings. The molecule has 3 aromatic rings. The number of nitrogens with one attached hydrogen (secondary N) is 1. The van der Waals surface area contributed by atoms with Crippen LogP contribution in [0.2, 0.25) is 0 Å². The van der Waals surface area contributed by atoms with Crippen LogP contribution in [0, 0.1) is 0 Å². The molecule has 0 radical (unpaired) electrons. The lowest BCUT2D eigenvalue weighted by Gasteiger charge is -2.29. The van der Waals surface area contributed by atoms with Gasteiger partial charge in [-0.25, -0.2) is 14.5 Å². The summed E-state index contributed by atoms with van der Waals surface area (Å²) in [7, 11) is 1.50. The van der Waals surface area contributed by atoms with E-state index in [4.69, 9.17) is 9.47 Å². The first-order valence-corrected chi connectivity index (χ1v) is 11.0. The molecule has 3 heterocycles. The topological polar surface area (TPSA) is 98.6 Å². The lowest BCUT2D eigenvalue weighted by molar-refractivity contribution is 0.0225. The summed E-state index contributed by atoms with van der Waals surface area (Å²) in [5, 5.41) is 7.66. The molecule has 0 saturated carbocycles. The maximum atomic E-state index is 12.9. The lowest BCUT2D eigenvalue weighted by atomic mass is 10.2. The molecule has 1 N–H and O–H groups in total. The first-order chi connectivity index (χ1) is 15.2. The zero-order chi connectivity index (χ0) is 22.9. The predicted octanol–water partition coefficient (Wildman–Crippen LogP) is 3.88. The molecule has 1 aromatic carbocycles. The summed E-state index contributed by atoms with van der Waals surface area (Å²) in [6.45, 7) is 6.45. The summed E-state index contributed by atoms with van der Waals surface area (Å²) in [5.41, 5.74) is 1.32. The highest BCUT2D eigenvalue weighted by Gasteiger charge is 2.28. The Morgan fingerprint density at radius 2 is 1.94 bits per heavy atom. The van der Waals surface area contributed by atoms with Crippen molar-refractivity contribution in [1.82, 2.24) is 19.7 Å². The van der Waals surface area contributed by atoms with Crippen LogP contribution in [-0.2, 0) is 17.7 Å². The number of fused-ring (bicyclic) bond motifs is 1. The van der Waals surface area contributed by atoms with Crippen molar-refractivity contribution in [2.75, 3.05) is 19.0 Å². The number of benzene rings is 1. The minimum Gasteiger partial charge on any atom is -0.493 e. The van der Waals surface area contributed by atoms with E-state index in [1.165, 1.54) is 18.4 Å². The molecule has 0 bridgehead atoms. The van der Waals surface area contributed by atoms with Crippen molar-refractivity contribution in [3.63, 3.8) is 0 Å². The Morgan fingerprint density at radius 1 is 1.19 bits per heavy atom. The molecule has 168 valence electrons. The molecule has 1 aliphatic heterocycles. The Hall–Kier alpha value is -3.40. The average molecular weight is 456 g/mol. The van der Waals surface area contributed by atoms with E-state index in [-0.39, 0.29) is 11.8 Å². The van der Waals surface area contributed by atoms with E-state index >= 15 is 0 Å². The van der Waals surface area contributed by atoms with E-state index < -0.39 is 11.5 Å². The van der Waals surface area contributed by atoms with Gasteiger partial charge >= 0.3 is 6.09 Å². The Morgan fingerprint density at radius 3 is 2.62 bits per heavy atom. The van der Waals surface area contributed by atoms with Crippen LogP contribution in [0.4, 0.5) is 9.93 Å². The van der Waals surface area contributed by atoms with E-state index in [0.29, 0.717) is 30.4 Å². The van der Waals surface area contributed by atoms with Gasteiger partial charge in [0.2, 0.25) is 0 Å². The second-order valence-electron chi connectivity index (χ2n) is 8.32. The smallest absolute Gasteiger partial charge is 0.410 e. The first kappa shape index (κ1) is 21.8. The zero-order valence-corrected chi connectivity index (χ0v) is 19.2.